The molecule has 0 bridgehead atoms. The SMILES string of the molecule is CCNC1CN(C(=O)CCCOc2ccc(OC)cc2)C2(CCCCC2)C1. The molecule has 1 aromatic carbocycles. The number of likely N-dealkylation sites (tertiary alicyclic amines) is 1. The molecule has 1 atom stereocenters. The van der Waals surface area contributed by atoms with Crippen LogP contribution in [0.1, 0.15) is 58.3 Å². The van der Waals surface area contributed by atoms with Crippen LogP contribution in [0.3, 0.4) is 0 Å². The van der Waals surface area contributed by atoms with Gasteiger partial charge in [0.25, 0.3) is 0 Å². The molecule has 1 spiro atoms. The zero-order valence-electron chi connectivity index (χ0n) is 16.8. The van der Waals surface area contributed by atoms with Crippen molar-refractivity contribution in [1.29, 1.82) is 0 Å². The van der Waals surface area contributed by atoms with Gasteiger partial charge in [-0.1, -0.05) is 26.2 Å². The summed E-state index contributed by atoms with van der Waals surface area (Å²) in [5, 5.41) is 3.57. The minimum absolute atomic E-state index is 0.110. The molecule has 2 aliphatic rings. The summed E-state index contributed by atoms with van der Waals surface area (Å²) in [4.78, 5) is 15.2. The van der Waals surface area contributed by atoms with Gasteiger partial charge in [0.2, 0.25) is 5.91 Å². The average Bonchev–Trinajstić information content (AvgIpc) is 3.03. The van der Waals surface area contributed by atoms with Gasteiger partial charge >= 0.3 is 0 Å². The Morgan fingerprint density at radius 2 is 1.89 bits per heavy atom. The van der Waals surface area contributed by atoms with Gasteiger partial charge in [-0.15, -0.1) is 0 Å². The number of hydrogen-bond donors (Lipinski definition) is 1. The lowest BCUT2D eigenvalue weighted by Crippen LogP contribution is -2.48. The molecule has 1 saturated carbocycles. The van der Waals surface area contributed by atoms with Gasteiger partial charge in [0.15, 0.2) is 0 Å². The molecule has 0 aromatic heterocycles. The number of nitrogens with one attached hydrogen (secondary N) is 1. The largest absolute Gasteiger partial charge is 0.497 e. The molecule has 1 unspecified atom stereocenters. The van der Waals surface area contributed by atoms with Crippen LogP contribution < -0.4 is 14.8 Å². The first-order valence-electron chi connectivity index (χ1n) is 10.5. The topological polar surface area (TPSA) is 50.8 Å². The van der Waals surface area contributed by atoms with Gasteiger partial charge in [0, 0.05) is 24.5 Å². The third kappa shape index (κ3) is 4.95. The fraction of sp³-hybridized carbons (Fsp3) is 0.682. The fourth-order valence-corrected chi connectivity index (χ4v) is 4.74. The molecule has 1 aromatic rings. The van der Waals surface area contributed by atoms with Crippen LogP contribution in [-0.4, -0.2) is 49.2 Å². The first-order valence-corrected chi connectivity index (χ1v) is 10.5. The second-order valence-corrected chi connectivity index (χ2v) is 7.88. The second-order valence-electron chi connectivity index (χ2n) is 7.88. The molecule has 5 nitrogen and oxygen atoms in total. The van der Waals surface area contributed by atoms with E-state index in [1.54, 1.807) is 7.11 Å². The van der Waals surface area contributed by atoms with Gasteiger partial charge in [0.1, 0.15) is 11.5 Å². The molecule has 27 heavy (non-hydrogen) atoms. The first-order chi connectivity index (χ1) is 13.2. The standard InChI is InChI=1S/C22H34N2O3/c1-3-23-18-16-22(13-5-4-6-14-22)24(17-18)21(25)8-7-15-27-20-11-9-19(26-2)10-12-20/h9-12,18,23H,3-8,13-17H2,1-2H3. The number of ether oxygens (including phenoxy) is 2. The Hall–Kier alpha value is -1.75. The maximum absolute atomic E-state index is 13.0. The highest BCUT2D eigenvalue weighted by molar-refractivity contribution is 5.77. The summed E-state index contributed by atoms with van der Waals surface area (Å²) in [5.41, 5.74) is 0.110. The smallest absolute Gasteiger partial charge is 0.223 e. The number of carbonyl (C=O) groups excluding carboxylic acids is 1. The Bertz CT molecular complexity index is 596. The molecule has 150 valence electrons. The van der Waals surface area contributed by atoms with Crippen molar-refractivity contribution in [3.63, 3.8) is 0 Å². The van der Waals surface area contributed by atoms with Crippen LogP contribution in [0, 0.1) is 0 Å². The van der Waals surface area contributed by atoms with E-state index < -0.39 is 0 Å². The number of benzene rings is 1. The van der Waals surface area contributed by atoms with Crippen molar-refractivity contribution in [2.45, 2.75) is 69.9 Å². The summed E-state index contributed by atoms with van der Waals surface area (Å²) in [6, 6.07) is 8.03. The van der Waals surface area contributed by atoms with Crippen molar-refractivity contribution in [3.8, 4) is 11.5 Å². The van der Waals surface area contributed by atoms with Crippen LogP contribution in [0.25, 0.3) is 0 Å². The van der Waals surface area contributed by atoms with E-state index >= 15 is 0 Å². The molecule has 1 heterocycles. The lowest BCUT2D eigenvalue weighted by molar-refractivity contribution is -0.136. The minimum Gasteiger partial charge on any atom is -0.497 e. The van der Waals surface area contributed by atoms with Crippen molar-refractivity contribution in [1.82, 2.24) is 10.2 Å². The highest BCUT2D eigenvalue weighted by Gasteiger charge is 2.47. The molecule has 5 heteroatoms. The van der Waals surface area contributed by atoms with Crippen molar-refractivity contribution < 1.29 is 14.3 Å². The minimum atomic E-state index is 0.110. The van der Waals surface area contributed by atoms with Gasteiger partial charge in [0.05, 0.1) is 13.7 Å². The Labute approximate surface area is 163 Å². The number of amides is 1. The molecule has 1 aliphatic heterocycles. The van der Waals surface area contributed by atoms with E-state index in [2.05, 4.69) is 17.1 Å². The number of methoxy groups -OCH3 is 1. The maximum Gasteiger partial charge on any atom is 0.223 e. The van der Waals surface area contributed by atoms with Crippen LogP contribution in [0.15, 0.2) is 24.3 Å². The first kappa shape index (κ1) is 20.0. The third-order valence-electron chi connectivity index (χ3n) is 6.04. The Kier molecular flexibility index (Phi) is 7.00. The summed E-state index contributed by atoms with van der Waals surface area (Å²) in [7, 11) is 1.65. The lowest BCUT2D eigenvalue weighted by atomic mass is 9.79. The molecule has 2 fully saturated rings. The lowest BCUT2D eigenvalue weighted by Gasteiger charge is -2.41. The van der Waals surface area contributed by atoms with Gasteiger partial charge in [-0.05, 0) is 56.5 Å². The Morgan fingerprint density at radius 1 is 1.19 bits per heavy atom. The Morgan fingerprint density at radius 3 is 2.56 bits per heavy atom. The number of hydrogen-bond acceptors (Lipinski definition) is 4. The monoisotopic (exact) mass is 374 g/mol. The van der Waals surface area contributed by atoms with Crippen LogP contribution in [0.5, 0.6) is 11.5 Å². The summed E-state index contributed by atoms with van der Waals surface area (Å²) in [6.07, 6.45) is 8.60. The molecular weight excluding hydrogens is 340 g/mol. The van der Waals surface area contributed by atoms with E-state index in [9.17, 15) is 4.79 Å². The quantitative estimate of drug-likeness (QED) is 0.704. The second kappa shape index (κ2) is 9.45. The van der Waals surface area contributed by atoms with Crippen molar-refractivity contribution in [2.75, 3.05) is 26.8 Å². The molecule has 3 rings (SSSR count). The molecule has 1 aliphatic carbocycles. The predicted molar refractivity (Wildman–Crippen MR) is 107 cm³/mol. The normalized spacial score (nSPS) is 21.4. The molecule has 1 N–H and O–H groups in total. The van der Waals surface area contributed by atoms with E-state index in [0.717, 1.165) is 37.4 Å². The highest BCUT2D eigenvalue weighted by Crippen LogP contribution is 2.42. The van der Waals surface area contributed by atoms with Crippen LogP contribution in [0.4, 0.5) is 0 Å². The van der Waals surface area contributed by atoms with E-state index in [1.807, 2.05) is 24.3 Å². The van der Waals surface area contributed by atoms with E-state index in [-0.39, 0.29) is 5.54 Å². The van der Waals surface area contributed by atoms with E-state index in [0.29, 0.717) is 25.0 Å². The summed E-state index contributed by atoms with van der Waals surface area (Å²) in [5.74, 6) is 1.94. The maximum atomic E-state index is 13.0. The van der Waals surface area contributed by atoms with Gasteiger partial charge < -0.3 is 19.7 Å². The van der Waals surface area contributed by atoms with Crippen molar-refractivity contribution >= 4 is 5.91 Å². The van der Waals surface area contributed by atoms with E-state index in [4.69, 9.17) is 9.47 Å². The van der Waals surface area contributed by atoms with Crippen molar-refractivity contribution in [3.05, 3.63) is 24.3 Å². The van der Waals surface area contributed by atoms with Crippen LogP contribution in [-0.2, 0) is 4.79 Å². The van der Waals surface area contributed by atoms with Gasteiger partial charge in [-0.2, -0.15) is 0 Å². The average molecular weight is 375 g/mol. The zero-order valence-corrected chi connectivity index (χ0v) is 16.8. The highest BCUT2D eigenvalue weighted by atomic mass is 16.5. The summed E-state index contributed by atoms with van der Waals surface area (Å²) >= 11 is 0. The molecule has 0 radical (unpaired) electrons. The van der Waals surface area contributed by atoms with Gasteiger partial charge in [-0.3, -0.25) is 4.79 Å². The predicted octanol–water partition coefficient (Wildman–Crippen LogP) is 3.77. The fourth-order valence-electron chi connectivity index (χ4n) is 4.74. The van der Waals surface area contributed by atoms with Gasteiger partial charge in [-0.25, -0.2) is 0 Å². The molecule has 1 saturated heterocycles. The Balaban J connectivity index is 1.49. The zero-order chi connectivity index (χ0) is 19.1. The number of carbonyl (C=O) groups is 1. The van der Waals surface area contributed by atoms with Crippen molar-refractivity contribution in [2.24, 2.45) is 0 Å². The third-order valence-corrected chi connectivity index (χ3v) is 6.04. The number of nitrogens with zero attached hydrogens (tertiary/aromatic N) is 1. The van der Waals surface area contributed by atoms with Crippen LogP contribution >= 0.6 is 0 Å². The molecular formula is C22H34N2O3. The van der Waals surface area contributed by atoms with Crippen LogP contribution in [0.2, 0.25) is 0 Å². The number of rotatable bonds is 8. The number of likely N-dealkylation sites (N-methyl/N-ethyl adjacent to an activating group) is 1. The van der Waals surface area contributed by atoms with E-state index in [1.165, 1.54) is 32.1 Å². The molecule has 1 amide bonds. The summed E-state index contributed by atoms with van der Waals surface area (Å²) < 4.78 is 10.9. The summed E-state index contributed by atoms with van der Waals surface area (Å²) in [6.45, 7) is 4.55.